The lowest BCUT2D eigenvalue weighted by atomic mass is 10.3. The molecule has 0 fully saturated rings. The summed E-state index contributed by atoms with van der Waals surface area (Å²) in [5.74, 6) is 0. The second-order valence-electron chi connectivity index (χ2n) is 3.28. The number of nitrogens with one attached hydrogen (secondary N) is 1. The van der Waals surface area contributed by atoms with Crippen LogP contribution in [0.5, 0.6) is 0 Å². The van der Waals surface area contributed by atoms with Gasteiger partial charge in [-0.15, -0.1) is 0 Å². The minimum Gasteiger partial charge on any atom is -0.378 e. The maximum absolute atomic E-state index is 6.04. The van der Waals surface area contributed by atoms with Gasteiger partial charge in [-0.2, -0.15) is 0 Å². The molecule has 1 aromatic heterocycles. The van der Waals surface area contributed by atoms with Crippen LogP contribution in [0.4, 0.5) is 5.69 Å². The fraction of sp³-hybridized carbons (Fsp3) is 0.0833. The van der Waals surface area contributed by atoms with E-state index in [1.165, 1.54) is 0 Å². The van der Waals surface area contributed by atoms with Crippen LogP contribution in [0.2, 0.25) is 10.0 Å². The van der Waals surface area contributed by atoms with Crippen LogP contribution in [0.15, 0.2) is 42.6 Å². The summed E-state index contributed by atoms with van der Waals surface area (Å²) >= 11 is 12.0. The topological polar surface area (TPSA) is 24.9 Å². The maximum Gasteiger partial charge on any atom is 0.0823 e. The largest absolute Gasteiger partial charge is 0.378 e. The van der Waals surface area contributed by atoms with Gasteiger partial charge in [0.15, 0.2) is 0 Å². The van der Waals surface area contributed by atoms with Crippen LogP contribution in [-0.2, 0) is 6.54 Å². The van der Waals surface area contributed by atoms with E-state index >= 15 is 0 Å². The molecule has 0 radical (unpaired) electrons. The van der Waals surface area contributed by atoms with Crippen molar-refractivity contribution in [3.63, 3.8) is 0 Å². The molecule has 0 saturated heterocycles. The van der Waals surface area contributed by atoms with Crippen LogP contribution >= 0.6 is 23.2 Å². The maximum atomic E-state index is 6.04. The van der Waals surface area contributed by atoms with Crippen molar-refractivity contribution in [2.75, 3.05) is 5.32 Å². The van der Waals surface area contributed by atoms with Gasteiger partial charge in [-0.3, -0.25) is 4.98 Å². The average Bonchev–Trinajstić information content (AvgIpc) is 2.32. The zero-order chi connectivity index (χ0) is 11.4. The minimum absolute atomic E-state index is 0.542. The summed E-state index contributed by atoms with van der Waals surface area (Å²) in [6.07, 6.45) is 1.76. The Morgan fingerprint density at radius 3 is 2.69 bits per heavy atom. The second kappa shape index (κ2) is 5.19. The van der Waals surface area contributed by atoms with Gasteiger partial charge in [-0.05, 0) is 24.3 Å². The van der Waals surface area contributed by atoms with Crippen LogP contribution < -0.4 is 5.32 Å². The van der Waals surface area contributed by atoms with Gasteiger partial charge in [0, 0.05) is 6.20 Å². The number of nitrogens with zero attached hydrogens (tertiary/aromatic N) is 1. The molecule has 2 nitrogen and oxygen atoms in total. The smallest absolute Gasteiger partial charge is 0.0823 e. The summed E-state index contributed by atoms with van der Waals surface area (Å²) in [4.78, 5) is 4.21. The first kappa shape index (κ1) is 11.2. The Bertz CT molecular complexity index is 472. The minimum atomic E-state index is 0.542. The Labute approximate surface area is 104 Å². The molecule has 0 bridgehead atoms. The number of halogens is 2. The Morgan fingerprint density at radius 1 is 1.06 bits per heavy atom. The number of aromatic nitrogens is 1. The van der Waals surface area contributed by atoms with Crippen LogP contribution in [0.25, 0.3) is 0 Å². The number of benzene rings is 1. The first-order valence-corrected chi connectivity index (χ1v) is 5.61. The molecule has 0 aliphatic rings. The predicted octanol–water partition coefficient (Wildman–Crippen LogP) is 4.00. The van der Waals surface area contributed by atoms with Crippen LogP contribution in [0, 0.1) is 0 Å². The van der Waals surface area contributed by atoms with Gasteiger partial charge in [-0.25, -0.2) is 0 Å². The molecule has 0 amide bonds. The van der Waals surface area contributed by atoms with E-state index in [2.05, 4.69) is 10.3 Å². The predicted molar refractivity (Wildman–Crippen MR) is 68.0 cm³/mol. The average molecular weight is 253 g/mol. The van der Waals surface area contributed by atoms with Gasteiger partial charge in [0.2, 0.25) is 0 Å². The molecule has 2 rings (SSSR count). The highest BCUT2D eigenvalue weighted by molar-refractivity contribution is 6.43. The van der Waals surface area contributed by atoms with Crippen LogP contribution in [0.3, 0.4) is 0 Å². The van der Waals surface area contributed by atoms with Crippen molar-refractivity contribution in [1.29, 1.82) is 0 Å². The summed E-state index contributed by atoms with van der Waals surface area (Å²) in [7, 11) is 0. The summed E-state index contributed by atoms with van der Waals surface area (Å²) in [5, 5.41) is 4.28. The zero-order valence-electron chi connectivity index (χ0n) is 8.45. The quantitative estimate of drug-likeness (QED) is 0.894. The third-order valence-corrected chi connectivity index (χ3v) is 2.96. The summed E-state index contributed by atoms with van der Waals surface area (Å²) < 4.78 is 0. The van der Waals surface area contributed by atoms with E-state index in [1.54, 1.807) is 12.3 Å². The lowest BCUT2D eigenvalue weighted by Crippen LogP contribution is -2.01. The Hall–Kier alpha value is -1.25. The van der Waals surface area contributed by atoms with Crippen molar-refractivity contribution in [1.82, 2.24) is 4.98 Å². The molecule has 0 aliphatic carbocycles. The van der Waals surface area contributed by atoms with E-state index in [9.17, 15) is 0 Å². The number of anilines is 1. The normalized spacial score (nSPS) is 10.1. The Kier molecular flexibility index (Phi) is 3.65. The van der Waals surface area contributed by atoms with Gasteiger partial charge in [0.25, 0.3) is 0 Å². The molecular formula is C12H10Cl2N2. The first-order valence-electron chi connectivity index (χ1n) is 4.85. The first-order chi connectivity index (χ1) is 7.77. The molecular weight excluding hydrogens is 243 g/mol. The van der Waals surface area contributed by atoms with Crippen molar-refractivity contribution in [2.24, 2.45) is 0 Å². The van der Waals surface area contributed by atoms with Gasteiger partial charge >= 0.3 is 0 Å². The molecule has 16 heavy (non-hydrogen) atoms. The standard InChI is InChI=1S/C12H10Cl2N2/c13-10-5-3-6-11(12(10)14)16-8-9-4-1-2-7-15-9/h1-7,16H,8H2. The highest BCUT2D eigenvalue weighted by atomic mass is 35.5. The van der Waals surface area contributed by atoms with Crippen molar-refractivity contribution in [2.45, 2.75) is 6.54 Å². The van der Waals surface area contributed by atoms with E-state index in [0.717, 1.165) is 11.4 Å². The van der Waals surface area contributed by atoms with Crippen LogP contribution in [0.1, 0.15) is 5.69 Å². The highest BCUT2D eigenvalue weighted by Gasteiger charge is 2.03. The Morgan fingerprint density at radius 2 is 1.94 bits per heavy atom. The molecule has 0 aliphatic heterocycles. The van der Waals surface area contributed by atoms with Crippen molar-refractivity contribution < 1.29 is 0 Å². The molecule has 0 saturated carbocycles. The molecule has 0 atom stereocenters. The molecule has 82 valence electrons. The fourth-order valence-corrected chi connectivity index (χ4v) is 1.70. The fourth-order valence-electron chi connectivity index (χ4n) is 1.33. The summed E-state index contributed by atoms with van der Waals surface area (Å²) in [5.41, 5.74) is 1.78. The lowest BCUT2D eigenvalue weighted by Gasteiger charge is -2.08. The molecule has 1 aromatic carbocycles. The SMILES string of the molecule is Clc1cccc(NCc2ccccn2)c1Cl. The van der Waals surface area contributed by atoms with E-state index in [-0.39, 0.29) is 0 Å². The van der Waals surface area contributed by atoms with E-state index < -0.39 is 0 Å². The Balaban J connectivity index is 2.08. The lowest BCUT2D eigenvalue weighted by molar-refractivity contribution is 1.05. The van der Waals surface area contributed by atoms with Crippen molar-refractivity contribution in [3.05, 3.63) is 58.3 Å². The van der Waals surface area contributed by atoms with E-state index in [4.69, 9.17) is 23.2 Å². The molecule has 0 spiro atoms. The number of rotatable bonds is 3. The van der Waals surface area contributed by atoms with Gasteiger partial charge < -0.3 is 5.32 Å². The molecule has 4 heteroatoms. The van der Waals surface area contributed by atoms with E-state index in [0.29, 0.717) is 16.6 Å². The van der Waals surface area contributed by atoms with Crippen LogP contribution in [-0.4, -0.2) is 4.98 Å². The van der Waals surface area contributed by atoms with E-state index in [1.807, 2.05) is 30.3 Å². The van der Waals surface area contributed by atoms with Gasteiger partial charge in [0.05, 0.1) is 28.0 Å². The second-order valence-corrected chi connectivity index (χ2v) is 4.06. The number of hydrogen-bond acceptors (Lipinski definition) is 2. The summed E-state index contributed by atoms with van der Waals surface area (Å²) in [6.45, 7) is 0.626. The number of hydrogen-bond donors (Lipinski definition) is 1. The molecule has 2 aromatic rings. The zero-order valence-corrected chi connectivity index (χ0v) is 9.96. The third kappa shape index (κ3) is 2.65. The molecule has 1 heterocycles. The summed E-state index contributed by atoms with van der Waals surface area (Å²) in [6, 6.07) is 11.3. The monoisotopic (exact) mass is 252 g/mol. The molecule has 1 N–H and O–H groups in total. The van der Waals surface area contributed by atoms with Gasteiger partial charge in [0.1, 0.15) is 0 Å². The third-order valence-electron chi connectivity index (χ3n) is 2.14. The van der Waals surface area contributed by atoms with Crippen molar-refractivity contribution in [3.8, 4) is 0 Å². The highest BCUT2D eigenvalue weighted by Crippen LogP contribution is 2.29. The van der Waals surface area contributed by atoms with Gasteiger partial charge in [-0.1, -0.05) is 35.3 Å². The van der Waals surface area contributed by atoms with Crippen molar-refractivity contribution >= 4 is 28.9 Å². The molecule has 0 unspecified atom stereocenters. The number of pyridine rings is 1.